The highest BCUT2D eigenvalue weighted by molar-refractivity contribution is 7.88. The Kier molecular flexibility index (Phi) is 4.60. The van der Waals surface area contributed by atoms with Gasteiger partial charge in [0.25, 0.3) is 0 Å². The van der Waals surface area contributed by atoms with Gasteiger partial charge in [-0.1, -0.05) is 0 Å². The van der Waals surface area contributed by atoms with Crippen molar-refractivity contribution in [1.82, 2.24) is 8.61 Å². The van der Waals surface area contributed by atoms with E-state index in [4.69, 9.17) is 5.11 Å². The van der Waals surface area contributed by atoms with Crippen LogP contribution >= 0.6 is 0 Å². The number of nitrogens with zero attached hydrogens (tertiary/aromatic N) is 2. The monoisotopic (exact) mass is 314 g/mol. The lowest BCUT2D eigenvalue weighted by Crippen LogP contribution is -2.60. The van der Waals surface area contributed by atoms with Gasteiger partial charge >= 0.3 is 5.97 Å². The van der Waals surface area contributed by atoms with Crippen molar-refractivity contribution < 1.29 is 26.7 Å². The number of piperazine rings is 1. The van der Waals surface area contributed by atoms with Crippen LogP contribution in [-0.2, 0) is 24.8 Å². The van der Waals surface area contributed by atoms with Gasteiger partial charge in [0.2, 0.25) is 20.0 Å². The van der Waals surface area contributed by atoms with Crippen LogP contribution in [-0.4, -0.2) is 74.2 Å². The highest BCUT2D eigenvalue weighted by atomic mass is 32.2. The molecule has 10 heteroatoms. The normalized spacial score (nSPS) is 27.3. The Bertz CT molecular complexity index is 555. The van der Waals surface area contributed by atoms with Crippen LogP contribution in [0.25, 0.3) is 0 Å². The van der Waals surface area contributed by atoms with Crippen molar-refractivity contribution in [2.24, 2.45) is 0 Å². The molecule has 1 rings (SSSR count). The molecule has 0 saturated carbocycles. The summed E-state index contributed by atoms with van der Waals surface area (Å²) in [6.07, 6.45) is 1.59. The van der Waals surface area contributed by atoms with E-state index in [0.717, 1.165) is 21.1 Å². The third kappa shape index (κ3) is 4.13. The van der Waals surface area contributed by atoms with Crippen LogP contribution in [0.2, 0.25) is 0 Å². The van der Waals surface area contributed by atoms with Gasteiger partial charge < -0.3 is 5.11 Å². The number of hydrogen-bond donors (Lipinski definition) is 1. The first-order valence-electron chi connectivity index (χ1n) is 5.58. The van der Waals surface area contributed by atoms with E-state index in [-0.39, 0.29) is 13.1 Å². The molecule has 0 aromatic rings. The second-order valence-corrected chi connectivity index (χ2v) is 8.64. The molecular formula is C9H18N2O6S2. The Balaban J connectivity index is 3.09. The molecule has 8 nitrogen and oxygen atoms in total. The number of aliphatic carboxylic acids is 1. The fraction of sp³-hybridized carbons (Fsp3) is 0.889. The summed E-state index contributed by atoms with van der Waals surface area (Å²) in [4.78, 5) is 10.8. The predicted octanol–water partition coefficient (Wildman–Crippen LogP) is -1.24. The van der Waals surface area contributed by atoms with Crippen molar-refractivity contribution in [2.75, 3.05) is 25.6 Å². The van der Waals surface area contributed by atoms with Crippen LogP contribution in [0.15, 0.2) is 0 Å². The molecule has 1 saturated heterocycles. The minimum absolute atomic E-state index is 0.0378. The molecule has 0 aliphatic carbocycles. The Morgan fingerprint density at radius 3 is 1.95 bits per heavy atom. The first-order valence-corrected chi connectivity index (χ1v) is 9.28. The van der Waals surface area contributed by atoms with Gasteiger partial charge in [-0.05, 0) is 6.92 Å². The molecule has 0 aromatic heterocycles. The van der Waals surface area contributed by atoms with E-state index in [9.17, 15) is 21.6 Å². The largest absolute Gasteiger partial charge is 0.481 e. The van der Waals surface area contributed by atoms with Crippen LogP contribution in [0.3, 0.4) is 0 Å². The fourth-order valence-electron chi connectivity index (χ4n) is 2.22. The van der Waals surface area contributed by atoms with E-state index in [1.165, 1.54) is 0 Å². The van der Waals surface area contributed by atoms with E-state index < -0.39 is 44.5 Å². The van der Waals surface area contributed by atoms with Crippen LogP contribution in [0.5, 0.6) is 0 Å². The summed E-state index contributed by atoms with van der Waals surface area (Å²) in [5.41, 5.74) is 0. The topological polar surface area (TPSA) is 112 Å². The average molecular weight is 314 g/mol. The van der Waals surface area contributed by atoms with Gasteiger partial charge in [-0.2, -0.15) is 8.61 Å². The zero-order chi connectivity index (χ0) is 15.0. The molecule has 0 amide bonds. The lowest BCUT2D eigenvalue weighted by atomic mass is 10.1. The van der Waals surface area contributed by atoms with E-state index in [1.54, 1.807) is 6.92 Å². The fourth-order valence-corrected chi connectivity index (χ4v) is 4.55. The van der Waals surface area contributed by atoms with Gasteiger partial charge in [-0.25, -0.2) is 16.8 Å². The highest BCUT2D eigenvalue weighted by Gasteiger charge is 2.40. The summed E-state index contributed by atoms with van der Waals surface area (Å²) in [5.74, 6) is -1.17. The molecule has 0 aromatic carbocycles. The summed E-state index contributed by atoms with van der Waals surface area (Å²) in [6, 6.07) is -1.40. The standard InChI is InChI=1S/C9H18N2O6S2/c1-7-5-11(19(3,16)17)8(4-9(12)13)6-10(7)18(2,14)15/h7-8H,4-6H2,1-3H3,(H,12,13)/t7-,8+/m0/s1. The average Bonchev–Trinajstić information content (AvgIpc) is 2.16. The van der Waals surface area contributed by atoms with Crippen LogP contribution < -0.4 is 0 Å². The van der Waals surface area contributed by atoms with Crippen molar-refractivity contribution in [2.45, 2.75) is 25.4 Å². The van der Waals surface area contributed by atoms with E-state index in [0.29, 0.717) is 0 Å². The minimum Gasteiger partial charge on any atom is -0.481 e. The Hall–Kier alpha value is -0.710. The number of carbonyl (C=O) groups is 1. The molecule has 1 fully saturated rings. The van der Waals surface area contributed by atoms with Crippen LogP contribution in [0.1, 0.15) is 13.3 Å². The molecule has 112 valence electrons. The number of carboxylic acids is 1. The molecule has 0 bridgehead atoms. The van der Waals surface area contributed by atoms with Gasteiger partial charge in [-0.3, -0.25) is 4.79 Å². The van der Waals surface area contributed by atoms with Crippen molar-refractivity contribution >= 4 is 26.0 Å². The first kappa shape index (κ1) is 16.3. The van der Waals surface area contributed by atoms with Crippen LogP contribution in [0, 0.1) is 0 Å². The van der Waals surface area contributed by atoms with Gasteiger partial charge in [0.05, 0.1) is 18.9 Å². The van der Waals surface area contributed by atoms with Crippen molar-refractivity contribution in [1.29, 1.82) is 0 Å². The Morgan fingerprint density at radius 2 is 1.58 bits per heavy atom. The van der Waals surface area contributed by atoms with E-state index in [1.807, 2.05) is 0 Å². The second-order valence-electron chi connectivity index (χ2n) is 4.77. The third-order valence-electron chi connectivity index (χ3n) is 3.00. The Morgan fingerprint density at radius 1 is 1.11 bits per heavy atom. The molecule has 1 aliphatic rings. The summed E-state index contributed by atoms with van der Waals surface area (Å²) < 4.78 is 48.7. The summed E-state index contributed by atoms with van der Waals surface area (Å²) in [5, 5.41) is 8.81. The van der Waals surface area contributed by atoms with E-state index >= 15 is 0 Å². The summed E-state index contributed by atoms with van der Waals surface area (Å²) >= 11 is 0. The van der Waals surface area contributed by atoms with E-state index in [2.05, 4.69) is 0 Å². The molecule has 0 radical (unpaired) electrons. The molecule has 1 heterocycles. The van der Waals surface area contributed by atoms with Gasteiger partial charge in [-0.15, -0.1) is 0 Å². The number of carboxylic acid groups (broad SMARTS) is 1. The second kappa shape index (κ2) is 5.35. The number of sulfonamides is 2. The van der Waals surface area contributed by atoms with Gasteiger partial charge in [0, 0.05) is 25.2 Å². The Labute approximate surface area is 113 Å². The summed E-state index contributed by atoms with van der Waals surface area (Å²) in [7, 11) is -7.07. The lowest BCUT2D eigenvalue weighted by molar-refractivity contribution is -0.138. The minimum atomic E-state index is -3.57. The highest BCUT2D eigenvalue weighted by Crippen LogP contribution is 2.22. The zero-order valence-corrected chi connectivity index (χ0v) is 12.6. The lowest BCUT2D eigenvalue weighted by Gasteiger charge is -2.42. The van der Waals surface area contributed by atoms with Gasteiger partial charge in [0.1, 0.15) is 0 Å². The summed E-state index contributed by atoms with van der Waals surface area (Å²) in [6.45, 7) is 1.42. The van der Waals surface area contributed by atoms with Crippen molar-refractivity contribution in [3.63, 3.8) is 0 Å². The maximum Gasteiger partial charge on any atom is 0.305 e. The molecule has 1 N–H and O–H groups in total. The first-order chi connectivity index (χ1) is 8.43. The van der Waals surface area contributed by atoms with Gasteiger partial charge in [0.15, 0.2) is 0 Å². The van der Waals surface area contributed by atoms with Crippen molar-refractivity contribution in [3.05, 3.63) is 0 Å². The predicted molar refractivity (Wildman–Crippen MR) is 68.6 cm³/mol. The molecule has 0 unspecified atom stereocenters. The zero-order valence-electron chi connectivity index (χ0n) is 11.0. The van der Waals surface area contributed by atoms with Crippen molar-refractivity contribution in [3.8, 4) is 0 Å². The smallest absolute Gasteiger partial charge is 0.305 e. The molecule has 2 atom stereocenters. The van der Waals surface area contributed by atoms with Crippen LogP contribution in [0.4, 0.5) is 0 Å². The maximum atomic E-state index is 11.6. The molecular weight excluding hydrogens is 296 g/mol. The molecule has 1 aliphatic heterocycles. The number of hydrogen-bond acceptors (Lipinski definition) is 5. The number of rotatable bonds is 4. The SMILES string of the molecule is C[C@H]1CN(S(C)(=O)=O)[C@H](CC(=O)O)CN1S(C)(=O)=O. The molecule has 19 heavy (non-hydrogen) atoms. The maximum absolute atomic E-state index is 11.6. The molecule has 0 spiro atoms. The third-order valence-corrected chi connectivity index (χ3v) is 5.66. The quantitative estimate of drug-likeness (QED) is 0.694.